The Hall–Kier alpha value is -1.08. The molecule has 0 spiro atoms. The Labute approximate surface area is 115 Å². The van der Waals surface area contributed by atoms with Crippen molar-refractivity contribution in [2.75, 3.05) is 6.61 Å². The van der Waals surface area contributed by atoms with E-state index in [9.17, 15) is 0 Å². The largest absolute Gasteiger partial charge is 0.376 e. The van der Waals surface area contributed by atoms with Crippen molar-refractivity contribution in [1.29, 1.82) is 0 Å². The molecule has 1 aromatic carbocycles. The third-order valence-electron chi connectivity index (χ3n) is 5.07. The standard InChI is InChI=1S/C18H22O/c1-18(2,3)19-10-15-16-13-8-9-14(17(15)16)12-7-5-4-6-11(12)13/h4-9,13-17H,10H2,1-3H3. The first-order valence-electron chi connectivity index (χ1n) is 7.47. The summed E-state index contributed by atoms with van der Waals surface area (Å²) in [7, 11) is 0. The molecule has 0 heterocycles. The van der Waals surface area contributed by atoms with E-state index in [1.54, 1.807) is 11.1 Å². The van der Waals surface area contributed by atoms with Crippen molar-refractivity contribution in [2.24, 2.45) is 17.8 Å². The fourth-order valence-corrected chi connectivity index (χ4v) is 4.24. The van der Waals surface area contributed by atoms with Crippen LogP contribution in [-0.2, 0) is 4.74 Å². The lowest BCUT2D eigenvalue weighted by Crippen LogP contribution is -2.21. The van der Waals surface area contributed by atoms with E-state index < -0.39 is 0 Å². The maximum atomic E-state index is 6.04. The summed E-state index contributed by atoms with van der Waals surface area (Å²) in [4.78, 5) is 0. The van der Waals surface area contributed by atoms with Crippen molar-refractivity contribution in [2.45, 2.75) is 38.2 Å². The molecule has 0 aromatic heterocycles. The highest BCUT2D eigenvalue weighted by Crippen LogP contribution is 2.68. The Morgan fingerprint density at radius 1 is 0.947 bits per heavy atom. The van der Waals surface area contributed by atoms with Gasteiger partial charge >= 0.3 is 0 Å². The van der Waals surface area contributed by atoms with Crippen molar-refractivity contribution in [1.82, 2.24) is 0 Å². The van der Waals surface area contributed by atoms with E-state index in [1.165, 1.54) is 0 Å². The Bertz CT molecular complexity index is 498. The minimum Gasteiger partial charge on any atom is -0.376 e. The van der Waals surface area contributed by atoms with Crippen LogP contribution in [0.3, 0.4) is 0 Å². The minimum absolute atomic E-state index is 0.00886. The van der Waals surface area contributed by atoms with Gasteiger partial charge in [-0.05, 0) is 49.7 Å². The molecule has 0 amide bonds. The van der Waals surface area contributed by atoms with Crippen LogP contribution in [0.1, 0.15) is 43.7 Å². The minimum atomic E-state index is -0.00886. The van der Waals surface area contributed by atoms with Crippen LogP contribution in [0.25, 0.3) is 0 Å². The summed E-state index contributed by atoms with van der Waals surface area (Å²) in [5.74, 6) is 3.75. The first-order valence-corrected chi connectivity index (χ1v) is 7.47. The molecule has 0 aliphatic heterocycles. The quantitative estimate of drug-likeness (QED) is 0.722. The monoisotopic (exact) mass is 254 g/mol. The SMILES string of the molecule is CC(C)(C)OCC1C2C3C=CC(c4ccccc43)C12. The first kappa shape index (κ1) is 11.7. The topological polar surface area (TPSA) is 9.23 Å². The third-order valence-corrected chi connectivity index (χ3v) is 5.07. The fraction of sp³-hybridized carbons (Fsp3) is 0.556. The maximum absolute atomic E-state index is 6.04. The summed E-state index contributed by atoms with van der Waals surface area (Å²) in [6.07, 6.45) is 4.90. The molecule has 4 aliphatic carbocycles. The predicted molar refractivity (Wildman–Crippen MR) is 77.2 cm³/mol. The van der Waals surface area contributed by atoms with Crippen molar-refractivity contribution in [3.05, 3.63) is 47.5 Å². The van der Waals surface area contributed by atoms with Crippen LogP contribution in [0.5, 0.6) is 0 Å². The van der Waals surface area contributed by atoms with Crippen molar-refractivity contribution in [3.8, 4) is 0 Å². The number of benzene rings is 1. The smallest absolute Gasteiger partial charge is 0.0598 e. The van der Waals surface area contributed by atoms with Gasteiger partial charge in [0.05, 0.1) is 12.2 Å². The summed E-state index contributed by atoms with van der Waals surface area (Å²) in [6, 6.07) is 9.02. The zero-order valence-electron chi connectivity index (χ0n) is 12.0. The number of allylic oxidation sites excluding steroid dienone is 2. The van der Waals surface area contributed by atoms with E-state index in [0.717, 1.165) is 24.4 Å². The molecule has 1 saturated carbocycles. The van der Waals surface area contributed by atoms with Crippen LogP contribution in [0.4, 0.5) is 0 Å². The number of hydrogen-bond acceptors (Lipinski definition) is 1. The zero-order chi connectivity index (χ0) is 13.2. The first-order chi connectivity index (χ1) is 9.06. The molecule has 1 heteroatoms. The molecule has 0 saturated heterocycles. The number of hydrogen-bond donors (Lipinski definition) is 0. The molecular formula is C18H22O. The second kappa shape index (κ2) is 3.73. The predicted octanol–water partition coefficient (Wildman–Crippen LogP) is 4.11. The average Bonchev–Trinajstić information content (AvgIpc) is 3.12. The molecule has 0 radical (unpaired) electrons. The molecule has 1 nitrogen and oxygen atoms in total. The van der Waals surface area contributed by atoms with Gasteiger partial charge in [0, 0.05) is 11.8 Å². The highest BCUT2D eigenvalue weighted by atomic mass is 16.5. The van der Waals surface area contributed by atoms with Gasteiger partial charge in [0.2, 0.25) is 0 Å². The Balaban J connectivity index is 1.58. The van der Waals surface area contributed by atoms with Crippen molar-refractivity contribution in [3.63, 3.8) is 0 Å². The summed E-state index contributed by atoms with van der Waals surface area (Å²) in [5.41, 5.74) is 3.15. The van der Waals surface area contributed by atoms with Gasteiger partial charge in [0.15, 0.2) is 0 Å². The Kier molecular flexibility index (Phi) is 2.30. The van der Waals surface area contributed by atoms with Crippen molar-refractivity contribution < 1.29 is 4.74 Å². The van der Waals surface area contributed by atoms with Gasteiger partial charge in [-0.25, -0.2) is 0 Å². The fourth-order valence-electron chi connectivity index (χ4n) is 4.24. The van der Waals surface area contributed by atoms with Gasteiger partial charge in [-0.2, -0.15) is 0 Å². The molecule has 4 atom stereocenters. The van der Waals surface area contributed by atoms with Gasteiger partial charge < -0.3 is 4.74 Å². The van der Waals surface area contributed by atoms with Crippen LogP contribution in [0.15, 0.2) is 36.4 Å². The Morgan fingerprint density at radius 3 is 1.95 bits per heavy atom. The molecule has 1 aromatic rings. The van der Waals surface area contributed by atoms with Gasteiger partial charge in [-0.15, -0.1) is 0 Å². The van der Waals surface area contributed by atoms with Crippen LogP contribution in [-0.4, -0.2) is 12.2 Å². The van der Waals surface area contributed by atoms with Crippen LogP contribution in [0, 0.1) is 17.8 Å². The van der Waals surface area contributed by atoms with Gasteiger partial charge in [0.25, 0.3) is 0 Å². The van der Waals surface area contributed by atoms with E-state index >= 15 is 0 Å². The third kappa shape index (κ3) is 1.71. The van der Waals surface area contributed by atoms with Crippen LogP contribution < -0.4 is 0 Å². The highest BCUT2D eigenvalue weighted by Gasteiger charge is 2.61. The maximum Gasteiger partial charge on any atom is 0.0598 e. The lowest BCUT2D eigenvalue weighted by molar-refractivity contribution is -0.0121. The van der Waals surface area contributed by atoms with E-state index in [0.29, 0.717) is 11.8 Å². The second-order valence-electron chi connectivity index (χ2n) is 7.31. The summed E-state index contributed by atoms with van der Waals surface area (Å²) in [5, 5.41) is 0. The van der Waals surface area contributed by atoms with Gasteiger partial charge in [-0.3, -0.25) is 0 Å². The lowest BCUT2D eigenvalue weighted by Gasteiger charge is -2.32. The molecular weight excluding hydrogens is 232 g/mol. The molecule has 2 bridgehead atoms. The molecule has 0 N–H and O–H groups in total. The van der Waals surface area contributed by atoms with E-state index in [1.807, 2.05) is 0 Å². The van der Waals surface area contributed by atoms with E-state index in [2.05, 4.69) is 57.2 Å². The van der Waals surface area contributed by atoms with Crippen LogP contribution in [0.2, 0.25) is 0 Å². The molecule has 19 heavy (non-hydrogen) atoms. The highest BCUT2D eigenvalue weighted by molar-refractivity contribution is 5.49. The molecule has 4 unspecified atom stereocenters. The molecule has 4 aliphatic rings. The molecule has 5 rings (SSSR count). The van der Waals surface area contributed by atoms with E-state index in [4.69, 9.17) is 4.74 Å². The Morgan fingerprint density at radius 2 is 1.47 bits per heavy atom. The second-order valence-corrected chi connectivity index (χ2v) is 7.31. The zero-order valence-corrected chi connectivity index (χ0v) is 12.0. The normalized spacial score (nSPS) is 37.9. The lowest BCUT2D eigenvalue weighted by atomic mass is 9.72. The summed E-state index contributed by atoms with van der Waals surface area (Å²) >= 11 is 0. The summed E-state index contributed by atoms with van der Waals surface area (Å²) < 4.78 is 6.04. The van der Waals surface area contributed by atoms with Gasteiger partial charge in [0.1, 0.15) is 0 Å². The van der Waals surface area contributed by atoms with E-state index in [-0.39, 0.29) is 5.60 Å². The average molecular weight is 254 g/mol. The molecule has 100 valence electrons. The van der Waals surface area contributed by atoms with Crippen molar-refractivity contribution >= 4 is 0 Å². The summed E-state index contributed by atoms with van der Waals surface area (Å²) in [6.45, 7) is 7.39. The van der Waals surface area contributed by atoms with Crippen LogP contribution >= 0.6 is 0 Å². The number of ether oxygens (including phenoxy) is 1. The van der Waals surface area contributed by atoms with Gasteiger partial charge in [-0.1, -0.05) is 36.4 Å². The molecule has 1 fully saturated rings. The number of rotatable bonds is 2.